The predicted octanol–water partition coefficient (Wildman–Crippen LogP) is 7.23. The van der Waals surface area contributed by atoms with Gasteiger partial charge in [-0.2, -0.15) is 18.4 Å². The van der Waals surface area contributed by atoms with Crippen molar-refractivity contribution in [2.24, 2.45) is 0 Å². The maximum Gasteiger partial charge on any atom is 0.416 e. The summed E-state index contributed by atoms with van der Waals surface area (Å²) in [6.07, 6.45) is -3.55. The van der Waals surface area contributed by atoms with Crippen LogP contribution in [0.1, 0.15) is 22.3 Å². The Morgan fingerprint density at radius 2 is 1.84 bits per heavy atom. The van der Waals surface area contributed by atoms with Gasteiger partial charge in [-0.25, -0.2) is 0 Å². The molecular formula is C26H19ClF3N3O5. The number of methoxy groups -OCH3 is 1. The van der Waals surface area contributed by atoms with E-state index < -0.39 is 34.0 Å². The van der Waals surface area contributed by atoms with Crippen LogP contribution in [0.25, 0.3) is 6.08 Å². The summed E-state index contributed by atoms with van der Waals surface area (Å²) in [5, 5.41) is 23.5. The van der Waals surface area contributed by atoms with Crippen LogP contribution in [-0.4, -0.2) is 17.9 Å². The highest BCUT2D eigenvalue weighted by atomic mass is 35.5. The fourth-order valence-corrected chi connectivity index (χ4v) is 3.67. The summed E-state index contributed by atoms with van der Waals surface area (Å²) in [7, 11) is 1.24. The van der Waals surface area contributed by atoms with E-state index in [1.54, 1.807) is 6.07 Å². The molecule has 3 aromatic carbocycles. The minimum atomic E-state index is -4.80. The van der Waals surface area contributed by atoms with E-state index in [4.69, 9.17) is 21.1 Å². The Balaban J connectivity index is 1.95. The molecule has 38 heavy (non-hydrogen) atoms. The van der Waals surface area contributed by atoms with Gasteiger partial charge in [0.05, 0.1) is 22.6 Å². The Morgan fingerprint density at radius 1 is 1.13 bits per heavy atom. The number of nitro benzene ring substituents is 1. The van der Waals surface area contributed by atoms with Gasteiger partial charge in [0.1, 0.15) is 11.6 Å². The first-order chi connectivity index (χ1) is 17.8. The maximum atomic E-state index is 13.0. The number of rotatable bonds is 7. The predicted molar refractivity (Wildman–Crippen MR) is 134 cm³/mol. The molecule has 0 bridgehead atoms. The number of anilines is 1. The summed E-state index contributed by atoms with van der Waals surface area (Å²) in [6.45, 7) is 3.71. The summed E-state index contributed by atoms with van der Waals surface area (Å²) in [6, 6.07) is 11.6. The maximum absolute atomic E-state index is 13.0. The molecule has 196 valence electrons. The molecule has 1 N–H and O–H groups in total. The number of carbonyl (C=O) groups excluding carboxylic acids is 1. The molecule has 0 aliphatic heterocycles. The molecule has 0 saturated heterocycles. The SMILES string of the molecule is COc1cc(/C=C(\C#N)C(=O)Nc2ccc(C)cc2C)cc(Cl)c1Oc1ccc(C(F)(F)F)cc1[N+](=O)[O-]. The Labute approximate surface area is 220 Å². The van der Waals surface area contributed by atoms with Crippen molar-refractivity contribution in [3.05, 3.63) is 91.5 Å². The highest BCUT2D eigenvalue weighted by Gasteiger charge is 2.33. The number of hydrogen-bond donors (Lipinski definition) is 1. The van der Waals surface area contributed by atoms with Gasteiger partial charge in [0.25, 0.3) is 5.91 Å². The van der Waals surface area contributed by atoms with Crippen LogP contribution in [0.2, 0.25) is 5.02 Å². The smallest absolute Gasteiger partial charge is 0.416 e. The second-order valence-corrected chi connectivity index (χ2v) is 8.42. The van der Waals surface area contributed by atoms with Gasteiger partial charge in [-0.05, 0) is 61.4 Å². The summed E-state index contributed by atoms with van der Waals surface area (Å²) < 4.78 is 49.8. The molecule has 12 heteroatoms. The topological polar surface area (TPSA) is 114 Å². The lowest BCUT2D eigenvalue weighted by Crippen LogP contribution is -2.14. The minimum absolute atomic E-state index is 0.0509. The van der Waals surface area contributed by atoms with Gasteiger partial charge in [0.2, 0.25) is 5.75 Å². The van der Waals surface area contributed by atoms with Crippen molar-refractivity contribution in [1.82, 2.24) is 0 Å². The third-order valence-electron chi connectivity index (χ3n) is 5.25. The second-order valence-electron chi connectivity index (χ2n) is 8.02. The van der Waals surface area contributed by atoms with E-state index in [2.05, 4.69) is 5.32 Å². The van der Waals surface area contributed by atoms with Crippen LogP contribution in [0.5, 0.6) is 17.2 Å². The minimum Gasteiger partial charge on any atom is -0.493 e. The van der Waals surface area contributed by atoms with Gasteiger partial charge in [-0.15, -0.1) is 0 Å². The number of nitro groups is 1. The molecular weight excluding hydrogens is 527 g/mol. The lowest BCUT2D eigenvalue weighted by Gasteiger charge is -2.14. The summed E-state index contributed by atoms with van der Waals surface area (Å²) in [5.74, 6) is -1.44. The molecule has 1 amide bonds. The molecule has 3 aromatic rings. The van der Waals surface area contributed by atoms with Gasteiger partial charge in [-0.3, -0.25) is 14.9 Å². The molecule has 0 unspecified atom stereocenters. The molecule has 0 aliphatic carbocycles. The average Bonchev–Trinajstić information content (AvgIpc) is 2.84. The van der Waals surface area contributed by atoms with Crippen LogP contribution < -0.4 is 14.8 Å². The van der Waals surface area contributed by atoms with Crippen molar-refractivity contribution in [2.45, 2.75) is 20.0 Å². The summed E-state index contributed by atoms with van der Waals surface area (Å²) >= 11 is 6.30. The number of nitrogens with zero attached hydrogens (tertiary/aromatic N) is 2. The van der Waals surface area contributed by atoms with Crippen LogP contribution in [0.3, 0.4) is 0 Å². The van der Waals surface area contributed by atoms with Crippen LogP contribution in [0, 0.1) is 35.3 Å². The zero-order chi connectivity index (χ0) is 28.2. The molecule has 0 aliphatic rings. The molecule has 0 spiro atoms. The first-order valence-electron chi connectivity index (χ1n) is 10.8. The monoisotopic (exact) mass is 545 g/mol. The normalized spacial score (nSPS) is 11.5. The largest absolute Gasteiger partial charge is 0.493 e. The number of aryl methyl sites for hydroxylation is 2. The molecule has 0 atom stereocenters. The number of nitriles is 1. The first kappa shape index (κ1) is 28.0. The molecule has 0 heterocycles. The van der Waals surface area contributed by atoms with Crippen molar-refractivity contribution in [2.75, 3.05) is 12.4 Å². The third kappa shape index (κ3) is 6.41. The van der Waals surface area contributed by atoms with E-state index in [-0.39, 0.29) is 27.7 Å². The number of amides is 1. The molecule has 0 fully saturated rings. The third-order valence-corrected chi connectivity index (χ3v) is 5.53. The zero-order valence-corrected chi connectivity index (χ0v) is 20.9. The quantitative estimate of drug-likeness (QED) is 0.145. The Morgan fingerprint density at radius 3 is 2.42 bits per heavy atom. The van der Waals surface area contributed by atoms with Gasteiger partial charge >= 0.3 is 11.9 Å². The van der Waals surface area contributed by atoms with Crippen LogP contribution in [-0.2, 0) is 11.0 Å². The Bertz CT molecular complexity index is 1500. The van der Waals surface area contributed by atoms with Gasteiger partial charge in [-0.1, -0.05) is 29.3 Å². The summed E-state index contributed by atoms with van der Waals surface area (Å²) in [4.78, 5) is 23.1. The molecule has 8 nitrogen and oxygen atoms in total. The van der Waals surface area contributed by atoms with Crippen LogP contribution in [0.4, 0.5) is 24.5 Å². The number of ether oxygens (including phenoxy) is 2. The van der Waals surface area contributed by atoms with E-state index >= 15 is 0 Å². The van der Waals surface area contributed by atoms with E-state index in [1.165, 1.54) is 25.3 Å². The van der Waals surface area contributed by atoms with Crippen molar-refractivity contribution >= 4 is 35.0 Å². The number of halogens is 4. The van der Waals surface area contributed by atoms with Crippen molar-refractivity contribution in [3.63, 3.8) is 0 Å². The number of hydrogen-bond acceptors (Lipinski definition) is 6. The van der Waals surface area contributed by atoms with E-state index in [9.17, 15) is 33.3 Å². The van der Waals surface area contributed by atoms with E-state index in [0.29, 0.717) is 17.8 Å². The number of nitrogens with one attached hydrogen (secondary N) is 1. The molecule has 0 saturated carbocycles. The molecule has 0 radical (unpaired) electrons. The fourth-order valence-electron chi connectivity index (χ4n) is 3.41. The first-order valence-corrected chi connectivity index (χ1v) is 11.1. The molecule has 0 aromatic heterocycles. The van der Waals surface area contributed by atoms with Crippen LogP contribution in [0.15, 0.2) is 54.1 Å². The van der Waals surface area contributed by atoms with Gasteiger partial charge in [0, 0.05) is 11.8 Å². The average molecular weight is 546 g/mol. The Kier molecular flexibility index (Phi) is 8.28. The van der Waals surface area contributed by atoms with E-state index in [1.807, 2.05) is 32.0 Å². The molecule has 3 rings (SSSR count). The number of benzene rings is 3. The highest BCUT2D eigenvalue weighted by molar-refractivity contribution is 6.32. The Hall–Kier alpha value is -4.56. The zero-order valence-electron chi connectivity index (χ0n) is 20.1. The highest BCUT2D eigenvalue weighted by Crippen LogP contribution is 2.43. The van der Waals surface area contributed by atoms with Crippen LogP contribution >= 0.6 is 11.6 Å². The number of alkyl halides is 3. The summed E-state index contributed by atoms with van der Waals surface area (Å²) in [5.41, 5.74) is 0.180. The fraction of sp³-hybridized carbons (Fsp3) is 0.154. The van der Waals surface area contributed by atoms with Crippen molar-refractivity contribution in [3.8, 4) is 23.3 Å². The van der Waals surface area contributed by atoms with Gasteiger partial charge in [0.15, 0.2) is 11.5 Å². The van der Waals surface area contributed by atoms with E-state index in [0.717, 1.165) is 17.2 Å². The van der Waals surface area contributed by atoms with Gasteiger partial charge < -0.3 is 14.8 Å². The van der Waals surface area contributed by atoms with Crippen molar-refractivity contribution in [1.29, 1.82) is 5.26 Å². The van der Waals surface area contributed by atoms with Crippen molar-refractivity contribution < 1.29 is 32.4 Å². The lowest BCUT2D eigenvalue weighted by atomic mass is 10.1. The number of carbonyl (C=O) groups is 1. The lowest BCUT2D eigenvalue weighted by molar-refractivity contribution is -0.385. The second kappa shape index (κ2) is 11.2. The standard InChI is InChI=1S/C26H19ClF3N3O5/c1-14-4-6-20(15(2)8-14)32-25(34)17(13-31)9-16-10-19(27)24(23(11-16)37-3)38-22-7-5-18(26(28,29)30)12-21(22)33(35)36/h4-12H,1-3H3,(H,32,34)/b17-9+.